The molecule has 0 aliphatic carbocycles. The molecule has 194 valence electrons. The van der Waals surface area contributed by atoms with Gasteiger partial charge in [0.15, 0.2) is 0 Å². The van der Waals surface area contributed by atoms with Crippen LogP contribution < -0.4 is 10.2 Å². The third-order valence-electron chi connectivity index (χ3n) is 5.78. The quantitative estimate of drug-likeness (QED) is 0.142. The van der Waals surface area contributed by atoms with Gasteiger partial charge in [-0.25, -0.2) is 10.1 Å². The predicted octanol–water partition coefficient (Wildman–Crippen LogP) is 7.95. The molecule has 1 aromatic heterocycles. The maximum absolute atomic E-state index is 12.7. The number of carbonyl (C=O) groups is 1. The number of nitrogens with one attached hydrogen (secondary N) is 1. The molecule has 6 nitrogen and oxygen atoms in total. The van der Waals surface area contributed by atoms with E-state index in [2.05, 4.69) is 26.5 Å². The molecule has 5 rings (SSSR count). The molecular formula is C30H21BrCl2N4O2. The lowest BCUT2D eigenvalue weighted by atomic mass is 10.1. The summed E-state index contributed by atoms with van der Waals surface area (Å²) in [6, 6.07) is 29.7. The van der Waals surface area contributed by atoms with Crippen LogP contribution in [-0.2, 0) is 6.61 Å². The fourth-order valence-electron chi connectivity index (χ4n) is 3.75. The summed E-state index contributed by atoms with van der Waals surface area (Å²) in [5.41, 5.74) is 7.19. The van der Waals surface area contributed by atoms with Gasteiger partial charge in [-0.2, -0.15) is 10.2 Å². The van der Waals surface area contributed by atoms with Gasteiger partial charge in [-0.15, -0.1) is 0 Å². The number of hydrazone groups is 1. The summed E-state index contributed by atoms with van der Waals surface area (Å²) < 4.78 is 8.55. The first-order valence-corrected chi connectivity index (χ1v) is 13.4. The zero-order valence-corrected chi connectivity index (χ0v) is 23.5. The van der Waals surface area contributed by atoms with Crippen LogP contribution in [0.3, 0.4) is 0 Å². The largest absolute Gasteiger partial charge is 0.489 e. The normalized spacial score (nSPS) is 11.1. The summed E-state index contributed by atoms with van der Waals surface area (Å²) >= 11 is 15.6. The van der Waals surface area contributed by atoms with Crippen LogP contribution in [0.2, 0.25) is 10.0 Å². The number of nitrogens with zero attached hydrogens (tertiary/aromatic N) is 3. The van der Waals surface area contributed by atoms with Crippen molar-refractivity contribution in [1.29, 1.82) is 0 Å². The van der Waals surface area contributed by atoms with E-state index in [1.54, 1.807) is 47.3 Å². The fraction of sp³-hybridized carbons (Fsp3) is 0.0333. The smallest absolute Gasteiger partial charge is 0.271 e. The Morgan fingerprint density at radius 3 is 2.44 bits per heavy atom. The van der Waals surface area contributed by atoms with E-state index in [1.807, 2.05) is 66.9 Å². The third kappa shape index (κ3) is 6.75. The molecule has 0 radical (unpaired) electrons. The molecular weight excluding hydrogens is 599 g/mol. The number of carbonyl (C=O) groups excluding carboxylic acids is 1. The van der Waals surface area contributed by atoms with Crippen LogP contribution in [0.5, 0.6) is 5.75 Å². The molecule has 1 N–H and O–H groups in total. The molecule has 0 fully saturated rings. The van der Waals surface area contributed by atoms with Gasteiger partial charge in [-0.05, 0) is 60.7 Å². The number of amides is 1. The second kappa shape index (κ2) is 12.3. The Morgan fingerprint density at radius 2 is 1.72 bits per heavy atom. The molecule has 0 unspecified atom stereocenters. The molecule has 4 aromatic carbocycles. The molecule has 0 aliphatic rings. The standard InChI is InChI=1S/C30H21BrCl2N4O2/c31-24-11-6-20(7-12-24)29-23(18-37(36-29)26-4-2-1-3-5-26)17-34-35-30(38)21-9-14-27(15-10-21)39-19-22-8-13-25(32)16-28(22)33/h1-18H,19H2,(H,35,38)/b34-17-. The molecule has 0 atom stereocenters. The van der Waals surface area contributed by atoms with E-state index in [0.717, 1.165) is 32.5 Å². The number of aromatic nitrogens is 2. The molecule has 5 aromatic rings. The second-order valence-corrected chi connectivity index (χ2v) is 10.2. The van der Waals surface area contributed by atoms with Crippen LogP contribution in [0.1, 0.15) is 21.5 Å². The maximum atomic E-state index is 12.7. The van der Waals surface area contributed by atoms with E-state index in [9.17, 15) is 4.79 Å². The Morgan fingerprint density at radius 1 is 0.974 bits per heavy atom. The number of rotatable bonds is 8. The van der Waals surface area contributed by atoms with Crippen molar-refractivity contribution in [2.24, 2.45) is 5.10 Å². The Bertz CT molecular complexity index is 1620. The second-order valence-electron chi connectivity index (χ2n) is 8.47. The van der Waals surface area contributed by atoms with Crippen LogP contribution in [0.25, 0.3) is 16.9 Å². The van der Waals surface area contributed by atoms with Crippen LogP contribution >= 0.6 is 39.1 Å². The number of ether oxygens (including phenoxy) is 1. The molecule has 9 heteroatoms. The van der Waals surface area contributed by atoms with Gasteiger partial charge >= 0.3 is 0 Å². The van der Waals surface area contributed by atoms with Gasteiger partial charge in [0.1, 0.15) is 18.1 Å². The van der Waals surface area contributed by atoms with Gasteiger partial charge in [0.25, 0.3) is 5.91 Å². The Labute approximate surface area is 244 Å². The molecule has 0 saturated heterocycles. The summed E-state index contributed by atoms with van der Waals surface area (Å²) in [6.07, 6.45) is 3.47. The van der Waals surface area contributed by atoms with Gasteiger partial charge < -0.3 is 4.74 Å². The van der Waals surface area contributed by atoms with Gasteiger partial charge in [-0.1, -0.05) is 75.5 Å². The van der Waals surface area contributed by atoms with Crippen molar-refractivity contribution in [2.75, 3.05) is 0 Å². The van der Waals surface area contributed by atoms with Crippen molar-refractivity contribution in [3.05, 3.63) is 134 Å². The van der Waals surface area contributed by atoms with E-state index in [0.29, 0.717) is 21.4 Å². The number of para-hydroxylation sites is 1. The highest BCUT2D eigenvalue weighted by molar-refractivity contribution is 9.10. The van der Waals surface area contributed by atoms with Gasteiger partial charge in [0, 0.05) is 43.0 Å². The summed E-state index contributed by atoms with van der Waals surface area (Å²) in [5, 5.41) is 10.1. The van der Waals surface area contributed by atoms with E-state index >= 15 is 0 Å². The summed E-state index contributed by atoms with van der Waals surface area (Å²) in [5.74, 6) is 0.257. The topological polar surface area (TPSA) is 68.5 Å². The number of benzene rings is 4. The average molecular weight is 620 g/mol. The van der Waals surface area contributed by atoms with Gasteiger partial charge in [0.2, 0.25) is 0 Å². The van der Waals surface area contributed by atoms with Crippen molar-refractivity contribution in [3.63, 3.8) is 0 Å². The van der Waals surface area contributed by atoms with E-state index < -0.39 is 0 Å². The Kier molecular flexibility index (Phi) is 8.42. The van der Waals surface area contributed by atoms with Gasteiger partial charge in [0.05, 0.1) is 11.9 Å². The molecule has 1 amide bonds. The van der Waals surface area contributed by atoms with Crippen molar-refractivity contribution in [1.82, 2.24) is 15.2 Å². The minimum absolute atomic E-state index is 0.281. The third-order valence-corrected chi connectivity index (χ3v) is 6.89. The number of hydrogen-bond donors (Lipinski definition) is 1. The molecule has 0 aliphatic heterocycles. The minimum Gasteiger partial charge on any atom is -0.489 e. The Hall–Kier alpha value is -3.91. The van der Waals surface area contributed by atoms with Crippen LogP contribution in [0.4, 0.5) is 0 Å². The lowest BCUT2D eigenvalue weighted by Gasteiger charge is -2.08. The predicted molar refractivity (Wildman–Crippen MR) is 159 cm³/mol. The molecule has 0 spiro atoms. The molecule has 39 heavy (non-hydrogen) atoms. The van der Waals surface area contributed by atoms with E-state index in [1.165, 1.54) is 0 Å². The number of hydrogen-bond acceptors (Lipinski definition) is 4. The van der Waals surface area contributed by atoms with E-state index in [4.69, 9.17) is 33.0 Å². The summed E-state index contributed by atoms with van der Waals surface area (Å²) in [4.78, 5) is 12.7. The average Bonchev–Trinajstić information content (AvgIpc) is 3.38. The molecule has 1 heterocycles. The van der Waals surface area contributed by atoms with E-state index in [-0.39, 0.29) is 12.5 Å². The van der Waals surface area contributed by atoms with Crippen LogP contribution in [-0.4, -0.2) is 21.9 Å². The van der Waals surface area contributed by atoms with Crippen molar-refractivity contribution in [3.8, 4) is 22.7 Å². The fourth-order valence-corrected chi connectivity index (χ4v) is 4.48. The van der Waals surface area contributed by atoms with Crippen molar-refractivity contribution in [2.45, 2.75) is 6.61 Å². The lowest BCUT2D eigenvalue weighted by Crippen LogP contribution is -2.17. The Balaban J connectivity index is 1.27. The first-order chi connectivity index (χ1) is 19.0. The molecule has 0 bridgehead atoms. The monoisotopic (exact) mass is 618 g/mol. The van der Waals surface area contributed by atoms with Crippen LogP contribution in [0, 0.1) is 0 Å². The first kappa shape index (κ1) is 26.7. The first-order valence-electron chi connectivity index (χ1n) is 11.9. The SMILES string of the molecule is O=C(N/N=C\c1cn(-c2ccccc2)nc1-c1ccc(Br)cc1)c1ccc(OCc2ccc(Cl)cc2Cl)cc1. The van der Waals surface area contributed by atoms with Crippen molar-refractivity contribution >= 4 is 51.3 Å². The highest BCUT2D eigenvalue weighted by atomic mass is 79.9. The zero-order valence-electron chi connectivity index (χ0n) is 20.4. The summed E-state index contributed by atoms with van der Waals surface area (Å²) in [6.45, 7) is 0.281. The lowest BCUT2D eigenvalue weighted by molar-refractivity contribution is 0.0955. The van der Waals surface area contributed by atoms with Gasteiger partial charge in [-0.3, -0.25) is 4.79 Å². The molecule has 0 saturated carbocycles. The minimum atomic E-state index is -0.348. The highest BCUT2D eigenvalue weighted by Gasteiger charge is 2.12. The zero-order chi connectivity index (χ0) is 27.2. The highest BCUT2D eigenvalue weighted by Crippen LogP contribution is 2.25. The maximum Gasteiger partial charge on any atom is 0.271 e. The van der Waals surface area contributed by atoms with Crippen LogP contribution in [0.15, 0.2) is 113 Å². The van der Waals surface area contributed by atoms with Crippen molar-refractivity contribution < 1.29 is 9.53 Å². The number of halogens is 3. The summed E-state index contributed by atoms with van der Waals surface area (Å²) in [7, 11) is 0.